The topological polar surface area (TPSA) is 102 Å². The van der Waals surface area contributed by atoms with E-state index in [2.05, 4.69) is 32.8 Å². The molecule has 8 heteroatoms. The summed E-state index contributed by atoms with van der Waals surface area (Å²) in [6, 6.07) is 3.80. The molecular formula is C20H35N5O3. The lowest BCUT2D eigenvalue weighted by Crippen LogP contribution is -2.50. The number of carbonyl (C=O) groups is 1. The van der Waals surface area contributed by atoms with E-state index < -0.39 is 5.60 Å². The van der Waals surface area contributed by atoms with Crippen LogP contribution in [-0.2, 0) is 10.4 Å². The van der Waals surface area contributed by atoms with Gasteiger partial charge in [-0.2, -0.15) is 0 Å². The third kappa shape index (κ3) is 7.16. The van der Waals surface area contributed by atoms with Crippen molar-refractivity contribution in [2.45, 2.75) is 51.7 Å². The van der Waals surface area contributed by atoms with E-state index in [4.69, 9.17) is 4.42 Å². The number of amides is 1. The van der Waals surface area contributed by atoms with Gasteiger partial charge in [0, 0.05) is 32.2 Å². The first kappa shape index (κ1) is 22.2. The van der Waals surface area contributed by atoms with Gasteiger partial charge in [-0.05, 0) is 45.2 Å². The summed E-state index contributed by atoms with van der Waals surface area (Å²) in [6.07, 6.45) is 4.39. The summed E-state index contributed by atoms with van der Waals surface area (Å²) in [5.74, 6) is 1.29. The fourth-order valence-electron chi connectivity index (χ4n) is 3.17. The number of nitrogens with zero attached hydrogens (tertiary/aromatic N) is 2. The normalized spacial score (nSPS) is 18.5. The molecule has 1 aliphatic heterocycles. The molecule has 1 saturated heterocycles. The largest absolute Gasteiger partial charge is 0.466 e. The summed E-state index contributed by atoms with van der Waals surface area (Å²) < 4.78 is 5.31. The number of guanidine groups is 1. The predicted octanol–water partition coefficient (Wildman–Crippen LogP) is 1.03. The Morgan fingerprint density at radius 1 is 1.36 bits per heavy atom. The molecule has 0 saturated carbocycles. The number of furan rings is 1. The molecule has 8 nitrogen and oxygen atoms in total. The highest BCUT2D eigenvalue weighted by Crippen LogP contribution is 2.21. The van der Waals surface area contributed by atoms with E-state index in [9.17, 15) is 9.90 Å². The van der Waals surface area contributed by atoms with Crippen LogP contribution in [0.1, 0.15) is 45.8 Å². The molecule has 2 rings (SSSR count). The Bertz CT molecular complexity index is 607. The van der Waals surface area contributed by atoms with Crippen LogP contribution in [-0.4, -0.2) is 67.2 Å². The van der Waals surface area contributed by atoms with Crippen molar-refractivity contribution in [3.05, 3.63) is 24.2 Å². The van der Waals surface area contributed by atoms with Gasteiger partial charge < -0.3 is 25.5 Å². The Hall–Kier alpha value is -2.06. The highest BCUT2D eigenvalue weighted by molar-refractivity contribution is 5.80. The summed E-state index contributed by atoms with van der Waals surface area (Å²) in [5, 5.41) is 20.2. The summed E-state index contributed by atoms with van der Waals surface area (Å²) in [5.41, 5.74) is -1.15. The molecule has 1 fully saturated rings. The highest BCUT2D eigenvalue weighted by Gasteiger charge is 2.27. The second-order valence-corrected chi connectivity index (χ2v) is 7.49. The third-order valence-electron chi connectivity index (χ3n) is 4.81. The number of rotatable bonds is 9. The van der Waals surface area contributed by atoms with Gasteiger partial charge in [-0.15, -0.1) is 0 Å². The Kier molecular flexibility index (Phi) is 8.79. The van der Waals surface area contributed by atoms with Gasteiger partial charge in [0.05, 0.1) is 19.4 Å². The average Bonchev–Trinajstić information content (AvgIpc) is 3.22. The molecule has 28 heavy (non-hydrogen) atoms. The van der Waals surface area contributed by atoms with Gasteiger partial charge in [-0.3, -0.25) is 9.69 Å². The second kappa shape index (κ2) is 11.1. The maximum absolute atomic E-state index is 11.9. The van der Waals surface area contributed by atoms with Crippen LogP contribution in [0.15, 0.2) is 27.8 Å². The lowest BCUT2D eigenvalue weighted by atomic mass is 10.0. The van der Waals surface area contributed by atoms with Crippen LogP contribution in [0.2, 0.25) is 0 Å². The molecule has 0 aromatic carbocycles. The first-order valence-corrected chi connectivity index (χ1v) is 10.2. The van der Waals surface area contributed by atoms with Crippen molar-refractivity contribution in [2.24, 2.45) is 4.99 Å². The maximum Gasteiger partial charge on any atom is 0.234 e. The number of aliphatic imine (C=N–C) groups is 1. The number of nitrogens with one attached hydrogen (secondary N) is 3. The fraction of sp³-hybridized carbons (Fsp3) is 0.700. The zero-order chi connectivity index (χ0) is 20.4. The van der Waals surface area contributed by atoms with Crippen molar-refractivity contribution >= 4 is 11.9 Å². The molecule has 0 aliphatic carbocycles. The fourth-order valence-corrected chi connectivity index (χ4v) is 3.17. The molecule has 158 valence electrons. The van der Waals surface area contributed by atoms with E-state index >= 15 is 0 Å². The predicted molar refractivity (Wildman–Crippen MR) is 110 cm³/mol. The van der Waals surface area contributed by atoms with Crippen molar-refractivity contribution in [1.29, 1.82) is 0 Å². The van der Waals surface area contributed by atoms with Crippen LogP contribution < -0.4 is 16.0 Å². The average molecular weight is 394 g/mol. The molecule has 1 atom stereocenters. The summed E-state index contributed by atoms with van der Waals surface area (Å²) in [6.45, 7) is 9.65. The van der Waals surface area contributed by atoms with Crippen LogP contribution >= 0.6 is 0 Å². The Labute approximate surface area is 167 Å². The molecule has 1 aliphatic rings. The number of hydrogen-bond acceptors (Lipinski definition) is 5. The summed E-state index contributed by atoms with van der Waals surface area (Å²) >= 11 is 0. The first-order chi connectivity index (χ1) is 13.4. The van der Waals surface area contributed by atoms with Crippen LogP contribution in [0.5, 0.6) is 0 Å². The van der Waals surface area contributed by atoms with Crippen LogP contribution in [0.3, 0.4) is 0 Å². The van der Waals surface area contributed by atoms with Crippen LogP contribution in [0.25, 0.3) is 0 Å². The number of aliphatic hydroxyl groups is 1. The Morgan fingerprint density at radius 2 is 2.11 bits per heavy atom. The molecule has 4 N–H and O–H groups in total. The van der Waals surface area contributed by atoms with Gasteiger partial charge in [0.15, 0.2) is 5.96 Å². The summed E-state index contributed by atoms with van der Waals surface area (Å²) in [4.78, 5) is 18.6. The summed E-state index contributed by atoms with van der Waals surface area (Å²) in [7, 11) is 0. The quantitative estimate of drug-likeness (QED) is 0.369. The van der Waals surface area contributed by atoms with Gasteiger partial charge in [0.2, 0.25) is 5.91 Å². The van der Waals surface area contributed by atoms with Gasteiger partial charge in [0.25, 0.3) is 0 Å². The maximum atomic E-state index is 11.9. The lowest BCUT2D eigenvalue weighted by Gasteiger charge is -2.32. The first-order valence-electron chi connectivity index (χ1n) is 10.2. The molecule has 0 spiro atoms. The monoisotopic (exact) mass is 393 g/mol. The highest BCUT2D eigenvalue weighted by atomic mass is 16.4. The number of piperidine rings is 1. The van der Waals surface area contributed by atoms with Crippen molar-refractivity contribution in [3.63, 3.8) is 0 Å². The van der Waals surface area contributed by atoms with E-state index in [1.165, 1.54) is 0 Å². The van der Waals surface area contributed by atoms with Gasteiger partial charge in [0.1, 0.15) is 11.4 Å². The molecule has 1 aromatic rings. The molecule has 1 amide bonds. The Balaban J connectivity index is 1.82. The molecular weight excluding hydrogens is 358 g/mol. The van der Waals surface area contributed by atoms with E-state index in [0.29, 0.717) is 24.3 Å². The smallest absolute Gasteiger partial charge is 0.234 e. The van der Waals surface area contributed by atoms with Gasteiger partial charge in [-0.25, -0.2) is 4.99 Å². The molecule has 1 unspecified atom stereocenters. The molecule has 0 radical (unpaired) electrons. The van der Waals surface area contributed by atoms with Crippen molar-refractivity contribution in [1.82, 2.24) is 20.9 Å². The van der Waals surface area contributed by atoms with Crippen LogP contribution in [0.4, 0.5) is 0 Å². The minimum absolute atomic E-state index is 0.100. The van der Waals surface area contributed by atoms with Crippen LogP contribution in [0, 0.1) is 0 Å². The minimum Gasteiger partial charge on any atom is -0.466 e. The third-order valence-corrected chi connectivity index (χ3v) is 4.81. The molecule has 2 heterocycles. The zero-order valence-electron chi connectivity index (χ0n) is 17.3. The number of carbonyl (C=O) groups excluding carboxylic acids is 1. The number of hydrogen-bond donors (Lipinski definition) is 4. The molecule has 1 aromatic heterocycles. The lowest BCUT2D eigenvalue weighted by molar-refractivity contribution is -0.122. The standard InChI is InChI=1S/C20H35N5O3/c1-4-10-22-18(26)14-25-11-8-16(9-12-25)24-19(21-5-2)23-15-20(3,27)17-7-6-13-28-17/h6-7,13,16,27H,4-5,8-12,14-15H2,1-3H3,(H,22,26)(H2,21,23,24). The van der Waals surface area contributed by atoms with Gasteiger partial charge >= 0.3 is 0 Å². The Morgan fingerprint density at radius 3 is 2.71 bits per heavy atom. The number of likely N-dealkylation sites (tertiary alicyclic amines) is 1. The van der Waals surface area contributed by atoms with E-state index in [-0.39, 0.29) is 12.5 Å². The molecule has 0 bridgehead atoms. The second-order valence-electron chi connectivity index (χ2n) is 7.49. The van der Waals surface area contributed by atoms with E-state index in [1.54, 1.807) is 25.3 Å². The zero-order valence-corrected chi connectivity index (χ0v) is 17.3. The van der Waals surface area contributed by atoms with Crippen molar-refractivity contribution in [3.8, 4) is 0 Å². The van der Waals surface area contributed by atoms with Gasteiger partial charge in [-0.1, -0.05) is 6.92 Å². The van der Waals surface area contributed by atoms with Crippen molar-refractivity contribution in [2.75, 3.05) is 39.3 Å². The van der Waals surface area contributed by atoms with E-state index in [1.807, 2.05) is 6.92 Å². The van der Waals surface area contributed by atoms with E-state index in [0.717, 1.165) is 45.4 Å². The van der Waals surface area contributed by atoms with Crippen molar-refractivity contribution < 1.29 is 14.3 Å². The SMILES string of the molecule is CCCNC(=O)CN1CCC(NC(=NCC(C)(O)c2ccco2)NCC)CC1. The minimum atomic E-state index is -1.15.